The van der Waals surface area contributed by atoms with E-state index >= 15 is 0 Å². The molecule has 0 aliphatic carbocycles. The molecular formula is C11H15N3OS. The van der Waals surface area contributed by atoms with Gasteiger partial charge in [0, 0.05) is 0 Å². The smallest absolute Gasteiger partial charge is 0.212 e. The molecule has 0 fully saturated rings. The second kappa shape index (κ2) is 2.65. The number of ether oxygens (including phenoxy) is 1. The average molecular weight is 237 g/mol. The van der Waals surface area contributed by atoms with Gasteiger partial charge in [-0.1, -0.05) is 11.3 Å². The molecule has 0 atom stereocenters. The minimum Gasteiger partial charge on any atom is -0.357 e. The number of hydrogen-bond acceptors (Lipinski definition) is 4. The Balaban J connectivity index is 2.39. The van der Waals surface area contributed by atoms with Gasteiger partial charge in [-0.3, -0.25) is 0 Å². The van der Waals surface area contributed by atoms with Gasteiger partial charge < -0.3 is 4.74 Å². The highest BCUT2D eigenvalue weighted by molar-refractivity contribution is 7.16. The molecule has 4 nitrogen and oxygen atoms in total. The summed E-state index contributed by atoms with van der Waals surface area (Å²) in [6, 6.07) is 0. The van der Waals surface area contributed by atoms with Crippen molar-refractivity contribution in [2.45, 2.75) is 45.8 Å². The zero-order valence-corrected chi connectivity index (χ0v) is 11.0. The molecular weight excluding hydrogens is 222 g/mol. The molecule has 0 saturated heterocycles. The first-order chi connectivity index (χ1) is 7.31. The summed E-state index contributed by atoms with van der Waals surface area (Å²) >= 11 is 1.62. The molecule has 0 N–H and O–H groups in total. The van der Waals surface area contributed by atoms with E-state index in [9.17, 15) is 0 Å². The van der Waals surface area contributed by atoms with Gasteiger partial charge >= 0.3 is 0 Å². The summed E-state index contributed by atoms with van der Waals surface area (Å²) < 4.78 is 7.98. The standard InChI is InChI=1S/C11H15N3OS/c1-6-13-14-8-7(12-9(14)16-6)10(2,3)15-11(8,4)5/h1-5H3. The summed E-state index contributed by atoms with van der Waals surface area (Å²) in [5.74, 6) is 0. The molecule has 0 bridgehead atoms. The first kappa shape index (κ1) is 10.2. The van der Waals surface area contributed by atoms with Crippen LogP contribution in [0.15, 0.2) is 0 Å². The highest BCUT2D eigenvalue weighted by Crippen LogP contribution is 2.46. The SMILES string of the molecule is Cc1nn2c3c(nc2s1)C(C)(C)OC3(C)C. The summed E-state index contributed by atoms with van der Waals surface area (Å²) in [4.78, 5) is 5.62. The normalized spacial score (nSPS) is 21.6. The van der Waals surface area contributed by atoms with Crippen LogP contribution in [0.1, 0.15) is 44.1 Å². The fourth-order valence-electron chi connectivity index (χ4n) is 2.54. The Labute approximate surface area is 98.3 Å². The Bertz CT molecular complexity index is 579. The van der Waals surface area contributed by atoms with Crippen molar-refractivity contribution in [3.8, 4) is 0 Å². The van der Waals surface area contributed by atoms with Crippen LogP contribution >= 0.6 is 11.3 Å². The third-order valence-corrected chi connectivity index (χ3v) is 3.78. The maximum atomic E-state index is 6.05. The highest BCUT2D eigenvalue weighted by Gasteiger charge is 2.47. The van der Waals surface area contributed by atoms with Crippen LogP contribution in [0.2, 0.25) is 0 Å². The van der Waals surface area contributed by atoms with E-state index in [0.29, 0.717) is 0 Å². The first-order valence-corrected chi connectivity index (χ1v) is 6.20. The number of aryl methyl sites for hydroxylation is 1. The lowest BCUT2D eigenvalue weighted by atomic mass is 10.0. The van der Waals surface area contributed by atoms with E-state index in [4.69, 9.17) is 4.74 Å². The predicted octanol–water partition coefficient (Wildman–Crippen LogP) is 2.60. The number of imidazole rings is 1. The summed E-state index contributed by atoms with van der Waals surface area (Å²) in [6.45, 7) is 10.3. The molecule has 0 amide bonds. The number of rotatable bonds is 0. The van der Waals surface area contributed by atoms with Gasteiger partial charge in [0.05, 0.1) is 5.69 Å². The van der Waals surface area contributed by atoms with Crippen LogP contribution in [0.3, 0.4) is 0 Å². The molecule has 3 rings (SSSR count). The molecule has 3 heterocycles. The van der Waals surface area contributed by atoms with Gasteiger partial charge in [-0.25, -0.2) is 9.50 Å². The Morgan fingerprint density at radius 1 is 1.19 bits per heavy atom. The monoisotopic (exact) mass is 237 g/mol. The largest absolute Gasteiger partial charge is 0.357 e. The molecule has 86 valence electrons. The van der Waals surface area contributed by atoms with Crippen LogP contribution in [0, 0.1) is 6.92 Å². The van der Waals surface area contributed by atoms with Crippen LogP contribution < -0.4 is 0 Å². The molecule has 0 radical (unpaired) electrons. The molecule has 0 saturated carbocycles. The fraction of sp³-hybridized carbons (Fsp3) is 0.636. The number of aromatic nitrogens is 3. The van der Waals surface area contributed by atoms with Crippen LogP contribution in [-0.2, 0) is 15.9 Å². The lowest BCUT2D eigenvalue weighted by Crippen LogP contribution is -2.24. The molecule has 0 unspecified atom stereocenters. The molecule has 5 heteroatoms. The Morgan fingerprint density at radius 2 is 1.88 bits per heavy atom. The van der Waals surface area contributed by atoms with Crippen LogP contribution in [-0.4, -0.2) is 14.6 Å². The molecule has 1 aliphatic heterocycles. The van der Waals surface area contributed by atoms with Crippen molar-refractivity contribution in [1.82, 2.24) is 14.6 Å². The Hall–Kier alpha value is -0.940. The van der Waals surface area contributed by atoms with E-state index in [0.717, 1.165) is 21.4 Å². The fourth-order valence-corrected chi connectivity index (χ4v) is 3.28. The van der Waals surface area contributed by atoms with Gasteiger partial charge in [0.15, 0.2) is 0 Å². The Kier molecular flexibility index (Phi) is 1.70. The van der Waals surface area contributed by atoms with Crippen molar-refractivity contribution in [3.05, 3.63) is 16.4 Å². The summed E-state index contributed by atoms with van der Waals surface area (Å²) in [5, 5.41) is 5.53. The van der Waals surface area contributed by atoms with Crippen molar-refractivity contribution < 1.29 is 4.74 Å². The molecule has 2 aromatic rings. The minimum absolute atomic E-state index is 0.319. The second-order valence-electron chi connectivity index (χ2n) is 5.25. The number of nitrogens with zero attached hydrogens (tertiary/aromatic N) is 3. The molecule has 16 heavy (non-hydrogen) atoms. The first-order valence-electron chi connectivity index (χ1n) is 5.38. The lowest BCUT2D eigenvalue weighted by molar-refractivity contribution is -0.108. The van der Waals surface area contributed by atoms with Gasteiger partial charge in [0.25, 0.3) is 0 Å². The van der Waals surface area contributed by atoms with Gasteiger partial charge in [-0.2, -0.15) is 5.10 Å². The lowest BCUT2D eigenvalue weighted by Gasteiger charge is -2.24. The average Bonchev–Trinajstić information content (AvgIpc) is 2.60. The zero-order chi connectivity index (χ0) is 11.7. The topological polar surface area (TPSA) is 39.4 Å². The van der Waals surface area contributed by atoms with Crippen LogP contribution in [0.5, 0.6) is 0 Å². The predicted molar refractivity (Wildman–Crippen MR) is 62.7 cm³/mol. The van der Waals surface area contributed by atoms with Crippen molar-refractivity contribution in [2.75, 3.05) is 0 Å². The van der Waals surface area contributed by atoms with Crippen LogP contribution in [0.4, 0.5) is 0 Å². The third kappa shape index (κ3) is 1.13. The van der Waals surface area contributed by atoms with E-state index in [-0.39, 0.29) is 11.2 Å². The van der Waals surface area contributed by atoms with E-state index < -0.39 is 0 Å². The Morgan fingerprint density at radius 3 is 2.56 bits per heavy atom. The highest BCUT2D eigenvalue weighted by atomic mass is 32.1. The van der Waals surface area contributed by atoms with Crippen molar-refractivity contribution in [3.63, 3.8) is 0 Å². The third-order valence-electron chi connectivity index (χ3n) is 2.96. The van der Waals surface area contributed by atoms with Gasteiger partial charge in [-0.15, -0.1) is 0 Å². The molecule has 2 aromatic heterocycles. The number of fused-ring (bicyclic) bond motifs is 3. The molecule has 0 spiro atoms. The molecule has 0 aromatic carbocycles. The molecule has 1 aliphatic rings. The zero-order valence-electron chi connectivity index (χ0n) is 10.2. The van der Waals surface area contributed by atoms with Crippen molar-refractivity contribution in [1.29, 1.82) is 0 Å². The van der Waals surface area contributed by atoms with Crippen molar-refractivity contribution in [2.24, 2.45) is 0 Å². The van der Waals surface area contributed by atoms with Gasteiger partial charge in [-0.05, 0) is 34.6 Å². The second-order valence-corrected chi connectivity index (χ2v) is 6.41. The van der Waals surface area contributed by atoms with Crippen molar-refractivity contribution >= 4 is 16.3 Å². The maximum absolute atomic E-state index is 6.05. The van der Waals surface area contributed by atoms with Gasteiger partial charge in [0.2, 0.25) is 4.96 Å². The summed E-state index contributed by atoms with van der Waals surface area (Å²) in [7, 11) is 0. The quantitative estimate of drug-likeness (QED) is 0.707. The number of hydrogen-bond donors (Lipinski definition) is 0. The van der Waals surface area contributed by atoms with E-state index in [1.807, 2.05) is 11.4 Å². The van der Waals surface area contributed by atoms with Crippen LogP contribution in [0.25, 0.3) is 4.96 Å². The van der Waals surface area contributed by atoms with E-state index in [1.54, 1.807) is 11.3 Å². The minimum atomic E-state index is -0.321. The summed E-state index contributed by atoms with van der Waals surface area (Å²) in [5.41, 5.74) is 1.48. The van der Waals surface area contributed by atoms with E-state index in [1.165, 1.54) is 0 Å². The van der Waals surface area contributed by atoms with Gasteiger partial charge in [0.1, 0.15) is 21.9 Å². The maximum Gasteiger partial charge on any atom is 0.212 e. The summed E-state index contributed by atoms with van der Waals surface area (Å²) in [6.07, 6.45) is 0. The van der Waals surface area contributed by atoms with E-state index in [2.05, 4.69) is 37.8 Å².